The first kappa shape index (κ1) is 23.6. The molecule has 2 aliphatic rings. The predicted octanol–water partition coefficient (Wildman–Crippen LogP) is 4.35. The predicted molar refractivity (Wildman–Crippen MR) is 122 cm³/mol. The van der Waals surface area contributed by atoms with Crippen LogP contribution in [0.15, 0.2) is 42.5 Å². The van der Waals surface area contributed by atoms with Crippen molar-refractivity contribution in [1.29, 1.82) is 0 Å². The Hall–Kier alpha value is -2.51. The van der Waals surface area contributed by atoms with Gasteiger partial charge in [-0.2, -0.15) is 0 Å². The molecule has 33 heavy (non-hydrogen) atoms. The number of nitrogens with zero attached hydrogens (tertiary/aromatic N) is 1. The van der Waals surface area contributed by atoms with Gasteiger partial charge in [-0.15, -0.1) is 0 Å². The van der Waals surface area contributed by atoms with Crippen molar-refractivity contribution in [1.82, 2.24) is 10.2 Å². The largest absolute Gasteiger partial charge is 0.486 e. The third-order valence-electron chi connectivity index (χ3n) is 7.37. The molecule has 0 amide bonds. The molecule has 1 heterocycles. The van der Waals surface area contributed by atoms with E-state index in [0.29, 0.717) is 12.0 Å². The zero-order chi connectivity index (χ0) is 23.6. The van der Waals surface area contributed by atoms with Gasteiger partial charge in [0, 0.05) is 24.6 Å². The monoisotopic (exact) mass is 458 g/mol. The lowest BCUT2D eigenvalue weighted by Gasteiger charge is -2.45. The standard InChI is InChI=1S/C26H32F2N2O3/c1-30(2)26(19-6-4-3-5-7-19)10-8-17(9-11-26)12-18-13-20(27)14-23(24(18)28)33-21-15-22(25(31)32)29-16-21/h3-7,13-14,17,21-22,29H,8-12,15-16H2,1-2H3,(H,31,32)/t17-,21-,22-,26-/m0/s1. The van der Waals surface area contributed by atoms with E-state index in [2.05, 4.69) is 48.6 Å². The van der Waals surface area contributed by atoms with Crippen molar-refractivity contribution in [3.05, 3.63) is 65.2 Å². The SMILES string of the molecule is CN(C)[C@]1(c2ccccc2)CC[C@@H](Cc2cc(F)cc(O[C@@H]3CN[C@H](C(=O)O)C3)c2F)CC1. The maximum absolute atomic E-state index is 15.2. The van der Waals surface area contributed by atoms with E-state index in [0.717, 1.165) is 31.7 Å². The van der Waals surface area contributed by atoms with E-state index in [4.69, 9.17) is 9.84 Å². The van der Waals surface area contributed by atoms with Crippen LogP contribution in [0.1, 0.15) is 43.2 Å². The molecule has 1 aliphatic carbocycles. The molecule has 2 aromatic carbocycles. The summed E-state index contributed by atoms with van der Waals surface area (Å²) in [5.74, 6) is -1.92. The molecule has 0 aromatic heterocycles. The van der Waals surface area contributed by atoms with Gasteiger partial charge in [0.05, 0.1) is 0 Å². The van der Waals surface area contributed by atoms with Gasteiger partial charge in [0.2, 0.25) is 0 Å². The fourth-order valence-corrected chi connectivity index (χ4v) is 5.43. The summed E-state index contributed by atoms with van der Waals surface area (Å²) in [5, 5.41) is 11.9. The molecule has 1 saturated carbocycles. The van der Waals surface area contributed by atoms with Crippen molar-refractivity contribution in [2.24, 2.45) is 5.92 Å². The van der Waals surface area contributed by atoms with Crippen molar-refractivity contribution in [3.8, 4) is 5.75 Å². The lowest BCUT2D eigenvalue weighted by atomic mass is 9.70. The first-order valence-corrected chi connectivity index (χ1v) is 11.6. The fraction of sp³-hybridized carbons (Fsp3) is 0.500. The molecule has 0 radical (unpaired) electrons. The maximum atomic E-state index is 15.2. The molecule has 1 aliphatic heterocycles. The topological polar surface area (TPSA) is 61.8 Å². The van der Waals surface area contributed by atoms with Crippen molar-refractivity contribution in [2.75, 3.05) is 20.6 Å². The molecule has 2 N–H and O–H groups in total. The van der Waals surface area contributed by atoms with E-state index in [1.54, 1.807) is 0 Å². The Morgan fingerprint density at radius 3 is 2.48 bits per heavy atom. The summed E-state index contributed by atoms with van der Waals surface area (Å²) in [7, 11) is 4.21. The highest BCUT2D eigenvalue weighted by molar-refractivity contribution is 5.73. The van der Waals surface area contributed by atoms with Crippen LogP contribution in [0.2, 0.25) is 0 Å². The van der Waals surface area contributed by atoms with Crippen LogP contribution in [-0.4, -0.2) is 48.8 Å². The number of aliphatic carboxylic acids is 1. The summed E-state index contributed by atoms with van der Waals surface area (Å²) in [4.78, 5) is 13.4. The molecule has 5 nitrogen and oxygen atoms in total. The van der Waals surface area contributed by atoms with E-state index in [9.17, 15) is 9.18 Å². The zero-order valence-corrected chi connectivity index (χ0v) is 19.2. The van der Waals surface area contributed by atoms with Crippen LogP contribution in [0.5, 0.6) is 5.75 Å². The normalized spacial score (nSPS) is 27.6. The second kappa shape index (κ2) is 9.77. The summed E-state index contributed by atoms with van der Waals surface area (Å²) in [5.41, 5.74) is 1.58. The number of ether oxygens (including phenoxy) is 1. The molecule has 0 spiro atoms. The number of hydrogen-bond acceptors (Lipinski definition) is 4. The second-order valence-corrected chi connectivity index (χ2v) is 9.59. The fourth-order valence-electron chi connectivity index (χ4n) is 5.43. The summed E-state index contributed by atoms with van der Waals surface area (Å²) in [6.45, 7) is 0.289. The van der Waals surface area contributed by atoms with Crippen molar-refractivity contribution < 1.29 is 23.4 Å². The molecule has 1 saturated heterocycles. The van der Waals surface area contributed by atoms with Crippen LogP contribution < -0.4 is 10.1 Å². The van der Waals surface area contributed by atoms with Gasteiger partial charge in [0.1, 0.15) is 18.0 Å². The highest BCUT2D eigenvalue weighted by Gasteiger charge is 2.39. The Labute approximate surface area is 193 Å². The third kappa shape index (κ3) is 5.04. The van der Waals surface area contributed by atoms with E-state index in [1.807, 2.05) is 6.07 Å². The first-order chi connectivity index (χ1) is 15.8. The summed E-state index contributed by atoms with van der Waals surface area (Å²) >= 11 is 0. The molecule has 0 unspecified atom stereocenters. The van der Waals surface area contributed by atoms with Crippen LogP contribution >= 0.6 is 0 Å². The van der Waals surface area contributed by atoms with Crippen LogP contribution in [0.25, 0.3) is 0 Å². The van der Waals surface area contributed by atoms with Crippen LogP contribution in [0.4, 0.5) is 8.78 Å². The number of carboxylic acid groups (broad SMARTS) is 1. The van der Waals surface area contributed by atoms with Gasteiger partial charge in [-0.25, -0.2) is 8.78 Å². The lowest BCUT2D eigenvalue weighted by Crippen LogP contribution is -2.44. The van der Waals surface area contributed by atoms with Gasteiger partial charge in [-0.3, -0.25) is 9.69 Å². The zero-order valence-electron chi connectivity index (χ0n) is 19.2. The van der Waals surface area contributed by atoms with E-state index in [1.165, 1.54) is 11.6 Å². The van der Waals surface area contributed by atoms with Crippen LogP contribution in [0, 0.1) is 17.6 Å². The Kier molecular flexibility index (Phi) is 7.00. The molecular formula is C26H32F2N2O3. The average Bonchev–Trinajstić information content (AvgIpc) is 3.27. The van der Waals surface area contributed by atoms with Gasteiger partial charge in [-0.05, 0) is 69.3 Å². The van der Waals surface area contributed by atoms with E-state index in [-0.39, 0.29) is 30.2 Å². The number of rotatable bonds is 7. The summed E-state index contributed by atoms with van der Waals surface area (Å²) < 4.78 is 35.2. The van der Waals surface area contributed by atoms with E-state index >= 15 is 4.39 Å². The first-order valence-electron chi connectivity index (χ1n) is 11.6. The number of halogens is 2. The maximum Gasteiger partial charge on any atom is 0.320 e. The number of nitrogens with one attached hydrogen (secondary N) is 1. The highest BCUT2D eigenvalue weighted by Crippen LogP contribution is 2.44. The molecule has 7 heteroatoms. The van der Waals surface area contributed by atoms with Crippen molar-refractivity contribution in [3.63, 3.8) is 0 Å². The van der Waals surface area contributed by atoms with Gasteiger partial charge in [0.15, 0.2) is 11.6 Å². The van der Waals surface area contributed by atoms with Crippen molar-refractivity contribution in [2.45, 2.75) is 56.2 Å². The minimum atomic E-state index is -0.969. The molecule has 0 bridgehead atoms. The Morgan fingerprint density at radius 1 is 1.18 bits per heavy atom. The molecule has 2 atom stereocenters. The molecule has 2 aromatic rings. The average molecular weight is 459 g/mol. The Bertz CT molecular complexity index is 975. The quantitative estimate of drug-likeness (QED) is 0.646. The molecule has 178 valence electrons. The lowest BCUT2D eigenvalue weighted by molar-refractivity contribution is -0.139. The minimum absolute atomic E-state index is 0.0390. The summed E-state index contributed by atoms with van der Waals surface area (Å²) in [6.07, 6.45) is 3.93. The Morgan fingerprint density at radius 2 is 1.88 bits per heavy atom. The molecule has 2 fully saturated rings. The van der Waals surface area contributed by atoms with Gasteiger partial charge in [-0.1, -0.05) is 30.3 Å². The number of benzene rings is 2. The third-order valence-corrected chi connectivity index (χ3v) is 7.37. The van der Waals surface area contributed by atoms with Crippen LogP contribution in [-0.2, 0) is 16.8 Å². The number of carboxylic acids is 1. The van der Waals surface area contributed by atoms with Gasteiger partial charge < -0.3 is 15.2 Å². The Balaban J connectivity index is 1.44. The second-order valence-electron chi connectivity index (χ2n) is 9.59. The van der Waals surface area contributed by atoms with Crippen molar-refractivity contribution >= 4 is 5.97 Å². The summed E-state index contributed by atoms with van der Waals surface area (Å²) in [6, 6.07) is 12.1. The highest BCUT2D eigenvalue weighted by atomic mass is 19.1. The molecule has 4 rings (SSSR count). The number of hydrogen-bond donors (Lipinski definition) is 2. The molecular weight excluding hydrogens is 426 g/mol. The van der Waals surface area contributed by atoms with E-state index < -0.39 is 29.7 Å². The number of carbonyl (C=O) groups is 1. The van der Waals surface area contributed by atoms with Gasteiger partial charge in [0.25, 0.3) is 0 Å². The van der Waals surface area contributed by atoms with Crippen LogP contribution in [0.3, 0.4) is 0 Å². The van der Waals surface area contributed by atoms with Gasteiger partial charge >= 0.3 is 5.97 Å². The smallest absolute Gasteiger partial charge is 0.320 e. The minimum Gasteiger partial charge on any atom is -0.486 e.